The molecule has 0 bridgehead atoms. The largest absolute Gasteiger partial charge is 0 e. The van der Waals surface area contributed by atoms with E-state index in [1.54, 1.807) is 0 Å². The van der Waals surface area contributed by atoms with Crippen molar-refractivity contribution < 1.29 is 42.7 Å². The van der Waals surface area contributed by atoms with Crippen molar-refractivity contribution in [1.29, 1.82) is 0 Å². The van der Waals surface area contributed by atoms with Gasteiger partial charge in [-0.15, -0.1) is 0 Å². The topological polar surface area (TPSA) is 34.1 Å². The van der Waals surface area contributed by atoms with Crippen LogP contribution < -0.4 is 0 Å². The van der Waals surface area contributed by atoms with Crippen LogP contribution in [0.15, 0.2) is 0 Å². The Hall–Kier alpha value is 1.04. The molecule has 0 atom stereocenters. The Bertz CT molecular complexity index is 30.6. The molecule has 0 aromatic heterocycles. The average molecular weight is 185 g/mol. The smallest absolute Gasteiger partial charge is 0 e. The summed E-state index contributed by atoms with van der Waals surface area (Å²) in [6.45, 7) is 0. The molecule has 2 radical (unpaired) electrons. The van der Waals surface area contributed by atoms with Gasteiger partial charge in [0.15, 0.2) is 0 Å². The molecule has 0 unspecified atom stereocenters. The minimum atomic E-state index is -1.08. The molecule has 0 rings (SSSR count). The molecular weight excluding hydrogens is 185 g/mol. The van der Waals surface area contributed by atoms with Crippen LogP contribution in [0.5, 0.6) is 0 Å². The molecule has 0 saturated heterocycles. The van der Waals surface area contributed by atoms with Gasteiger partial charge in [0.2, 0.25) is 0 Å². The molecule has 0 saturated carbocycles. The molecule has 0 heterocycles. The second kappa shape index (κ2) is 19.7. The predicted octanol–water partition coefficient (Wildman–Crippen LogP) is 0.619. The van der Waals surface area contributed by atoms with Gasteiger partial charge in [-0.25, -0.2) is 0 Å². The maximum Gasteiger partial charge on any atom is 0 e. The minimum absolute atomic E-state index is 0. The monoisotopic (exact) mass is 184 g/mol. The first-order chi connectivity index (χ1) is 1.41. The molecule has 0 N–H and O–H groups in total. The van der Waals surface area contributed by atoms with Crippen LogP contribution in [0.2, 0.25) is 0 Å². The van der Waals surface area contributed by atoms with Crippen molar-refractivity contribution in [2.75, 3.05) is 0 Å². The summed E-state index contributed by atoms with van der Waals surface area (Å²) < 4.78 is 16.7. The van der Waals surface area contributed by atoms with Gasteiger partial charge in [0, 0.05) is 33.6 Å². The Kier molecular flexibility index (Phi) is 65.6. The Morgan fingerprint density at radius 2 is 1.20 bits per heavy atom. The summed E-state index contributed by atoms with van der Waals surface area (Å²) in [6.07, 6.45) is 0. The summed E-state index contributed by atoms with van der Waals surface area (Å²) in [4.78, 5) is 0. The summed E-state index contributed by atoms with van der Waals surface area (Å²) in [5, 5.41) is 0. The summed E-state index contributed by atoms with van der Waals surface area (Å²) in [5.74, 6) is 0. The maximum atomic E-state index is 8.35. The van der Waals surface area contributed by atoms with Crippen molar-refractivity contribution in [2.24, 2.45) is 0 Å². The first kappa shape index (κ1) is 16.6. The molecule has 0 aromatic rings. The molecule has 5 heavy (non-hydrogen) atoms. The molecule has 0 spiro atoms. The van der Waals surface area contributed by atoms with E-state index in [4.69, 9.17) is 9.13 Å². The fourth-order valence-corrected chi connectivity index (χ4v) is 0. The number of rotatable bonds is 0. The van der Waals surface area contributed by atoms with E-state index in [1.165, 1.54) is 0 Å². The van der Waals surface area contributed by atoms with Gasteiger partial charge >= 0.3 is 17.5 Å². The molecule has 2 nitrogen and oxygen atoms in total. The van der Waals surface area contributed by atoms with E-state index in [0.29, 0.717) is 0 Å². The van der Waals surface area contributed by atoms with Crippen molar-refractivity contribution in [3.05, 3.63) is 0 Å². The molecule has 0 amide bonds. The van der Waals surface area contributed by atoms with Gasteiger partial charge in [0.05, 0.1) is 0 Å². The molecule has 0 aliphatic rings. The van der Waals surface area contributed by atoms with Crippen LogP contribution >= 0.6 is 8.34 Å². The Labute approximate surface area is 51.3 Å². The third-order valence-corrected chi connectivity index (χ3v) is 0. The first-order valence-corrected chi connectivity index (χ1v) is 1.10. The fourth-order valence-electron chi connectivity index (χ4n) is 0. The van der Waals surface area contributed by atoms with Crippen LogP contribution in [0.25, 0.3) is 0 Å². The zero-order chi connectivity index (χ0) is 2.71. The molecular formula is CuNiO2P. The summed E-state index contributed by atoms with van der Waals surface area (Å²) in [7, 11) is -1.08. The Morgan fingerprint density at radius 1 is 1.20 bits per heavy atom. The van der Waals surface area contributed by atoms with Gasteiger partial charge in [0.25, 0.3) is 0 Å². The van der Waals surface area contributed by atoms with Crippen LogP contribution in [-0.4, -0.2) is 0 Å². The SMILES string of the molecule is O=[P]=O.[Cu].[Ni]. The van der Waals surface area contributed by atoms with Gasteiger partial charge in [-0.3, -0.25) is 0 Å². The van der Waals surface area contributed by atoms with Crippen LogP contribution in [-0.2, 0) is 42.7 Å². The van der Waals surface area contributed by atoms with Gasteiger partial charge in [-0.2, -0.15) is 0 Å². The van der Waals surface area contributed by atoms with Crippen molar-refractivity contribution in [3.63, 3.8) is 0 Å². The van der Waals surface area contributed by atoms with Crippen molar-refractivity contribution >= 4 is 8.34 Å². The quantitative estimate of drug-likeness (QED) is 0.409. The number of hydrogen-bond donors (Lipinski definition) is 0. The van der Waals surface area contributed by atoms with Crippen LogP contribution in [0.1, 0.15) is 0 Å². The van der Waals surface area contributed by atoms with E-state index < -0.39 is 8.34 Å². The average Bonchev–Trinajstić information content (AvgIpc) is 0.918. The second-order valence-corrected chi connectivity index (χ2v) is 0.224. The second-order valence-electron chi connectivity index (χ2n) is 0.0745. The zero-order valence-electron chi connectivity index (χ0n) is 1.88. The third kappa shape index (κ3) is 42.9. The molecule has 0 aliphatic carbocycles. The molecule has 38 valence electrons. The Balaban J connectivity index is -0.0000000200. The predicted molar refractivity (Wildman–Crippen MR) is 8.29 cm³/mol. The molecule has 0 aliphatic heterocycles. The zero-order valence-corrected chi connectivity index (χ0v) is 4.71. The van der Waals surface area contributed by atoms with Gasteiger partial charge in [-0.1, -0.05) is 0 Å². The number of hydrogen-bond acceptors (Lipinski definition) is 2. The molecule has 0 fully saturated rings. The summed E-state index contributed by atoms with van der Waals surface area (Å²) in [6, 6.07) is 0. The van der Waals surface area contributed by atoms with E-state index >= 15 is 0 Å². The standard InChI is InChI=1S/Cu.Ni.O2P/c;;1-3-2. The van der Waals surface area contributed by atoms with Crippen molar-refractivity contribution in [1.82, 2.24) is 0 Å². The first-order valence-electron chi connectivity index (χ1n) is 0.365. The minimum Gasteiger partial charge on any atom is 0 e. The third-order valence-electron chi connectivity index (χ3n) is 0. The van der Waals surface area contributed by atoms with E-state index in [1.807, 2.05) is 0 Å². The van der Waals surface area contributed by atoms with Crippen LogP contribution in [0, 0.1) is 0 Å². The molecule has 0 aromatic carbocycles. The van der Waals surface area contributed by atoms with E-state index in [0.717, 1.165) is 0 Å². The summed E-state index contributed by atoms with van der Waals surface area (Å²) in [5.41, 5.74) is 0. The van der Waals surface area contributed by atoms with Gasteiger partial charge in [0.1, 0.15) is 0 Å². The van der Waals surface area contributed by atoms with E-state index in [9.17, 15) is 0 Å². The van der Waals surface area contributed by atoms with Gasteiger partial charge < -0.3 is 0 Å². The normalized spacial score (nSPS) is 1.60. The van der Waals surface area contributed by atoms with Crippen LogP contribution in [0.3, 0.4) is 0 Å². The van der Waals surface area contributed by atoms with Gasteiger partial charge in [-0.05, 0) is 0 Å². The molecule has 5 heteroatoms. The van der Waals surface area contributed by atoms with Crippen molar-refractivity contribution in [2.45, 2.75) is 0 Å². The Morgan fingerprint density at radius 3 is 1.20 bits per heavy atom. The fraction of sp³-hybridized carbons (Fsp3) is 0. The van der Waals surface area contributed by atoms with E-state index in [-0.39, 0.29) is 33.6 Å². The van der Waals surface area contributed by atoms with Crippen molar-refractivity contribution in [3.8, 4) is 0 Å². The summed E-state index contributed by atoms with van der Waals surface area (Å²) >= 11 is 0. The maximum absolute atomic E-state index is 8.35. The van der Waals surface area contributed by atoms with E-state index in [2.05, 4.69) is 0 Å². The van der Waals surface area contributed by atoms with Crippen LogP contribution in [0.4, 0.5) is 0 Å².